The second kappa shape index (κ2) is 4.74. The van der Waals surface area contributed by atoms with Crippen molar-refractivity contribution in [3.8, 4) is 0 Å². The second-order valence-corrected chi connectivity index (χ2v) is 5.26. The van der Waals surface area contributed by atoms with Crippen LogP contribution in [-0.4, -0.2) is 44.1 Å². The molecule has 0 radical (unpaired) electrons. The van der Waals surface area contributed by atoms with Crippen molar-refractivity contribution in [3.63, 3.8) is 0 Å². The largest absolute Gasteiger partial charge is 0.383 e. The molecule has 5 heteroatoms. The summed E-state index contributed by atoms with van der Waals surface area (Å²) < 4.78 is 1.69. The van der Waals surface area contributed by atoms with E-state index in [4.69, 9.17) is 0 Å². The molecule has 1 saturated heterocycles. The van der Waals surface area contributed by atoms with Crippen molar-refractivity contribution in [3.05, 3.63) is 11.9 Å². The number of hydrogen-bond donors (Lipinski definition) is 1. The summed E-state index contributed by atoms with van der Waals surface area (Å²) >= 11 is 0. The van der Waals surface area contributed by atoms with E-state index < -0.39 is 5.60 Å². The number of rotatable bonds is 2. The first kappa shape index (κ1) is 12.5. The number of aryl methyl sites for hydroxylation is 1. The molecule has 1 fully saturated rings. The fourth-order valence-corrected chi connectivity index (χ4v) is 2.62. The topological polar surface area (TPSA) is 54.2 Å². The van der Waals surface area contributed by atoms with Gasteiger partial charge in [0.2, 0.25) is 0 Å². The summed E-state index contributed by atoms with van der Waals surface area (Å²) in [5.41, 5.74) is 0.0742. The number of aromatic nitrogens is 3. The predicted octanol–water partition coefficient (Wildman–Crippen LogP) is 0.897. The maximum atomic E-state index is 10.8. The Labute approximate surface area is 102 Å². The molecule has 2 rings (SSSR count). The Morgan fingerprint density at radius 3 is 2.71 bits per heavy atom. The van der Waals surface area contributed by atoms with Crippen LogP contribution in [0.2, 0.25) is 0 Å². The van der Waals surface area contributed by atoms with Crippen LogP contribution in [-0.2, 0) is 12.6 Å². The van der Waals surface area contributed by atoms with Crippen molar-refractivity contribution in [2.45, 2.75) is 44.8 Å². The molecule has 1 aliphatic heterocycles. The highest BCUT2D eigenvalue weighted by atomic mass is 16.3. The van der Waals surface area contributed by atoms with E-state index in [9.17, 15) is 5.11 Å². The summed E-state index contributed by atoms with van der Waals surface area (Å²) in [6, 6.07) is 0.544. The van der Waals surface area contributed by atoms with Crippen LogP contribution in [0.1, 0.15) is 38.8 Å². The highest BCUT2D eigenvalue weighted by Crippen LogP contribution is 2.32. The normalized spacial score (nSPS) is 27.4. The van der Waals surface area contributed by atoms with E-state index in [0.717, 1.165) is 38.0 Å². The van der Waals surface area contributed by atoms with Crippen LogP contribution in [0, 0.1) is 0 Å². The van der Waals surface area contributed by atoms with Crippen molar-refractivity contribution in [2.24, 2.45) is 7.05 Å². The minimum Gasteiger partial charge on any atom is -0.383 e. The zero-order valence-electron chi connectivity index (χ0n) is 10.9. The van der Waals surface area contributed by atoms with Gasteiger partial charge in [-0.15, -0.1) is 5.10 Å². The SMILES string of the molecule is CC(C)N1CCCC(O)(c2cnnn2C)CC1. The average Bonchev–Trinajstić information content (AvgIpc) is 2.59. The van der Waals surface area contributed by atoms with Crippen molar-refractivity contribution in [1.82, 2.24) is 19.9 Å². The molecule has 1 N–H and O–H groups in total. The molecule has 1 unspecified atom stereocenters. The van der Waals surface area contributed by atoms with Gasteiger partial charge >= 0.3 is 0 Å². The molecular formula is C12H22N4O. The monoisotopic (exact) mass is 238 g/mol. The third-order valence-electron chi connectivity index (χ3n) is 3.77. The fourth-order valence-electron chi connectivity index (χ4n) is 2.62. The molecule has 1 atom stereocenters. The van der Waals surface area contributed by atoms with Crippen molar-refractivity contribution < 1.29 is 5.11 Å². The van der Waals surface area contributed by atoms with Gasteiger partial charge in [0.1, 0.15) is 5.60 Å². The van der Waals surface area contributed by atoms with E-state index in [2.05, 4.69) is 29.1 Å². The molecule has 5 nitrogen and oxygen atoms in total. The number of nitrogens with zero attached hydrogens (tertiary/aromatic N) is 4. The molecule has 17 heavy (non-hydrogen) atoms. The second-order valence-electron chi connectivity index (χ2n) is 5.26. The third-order valence-corrected chi connectivity index (χ3v) is 3.77. The van der Waals surface area contributed by atoms with Crippen LogP contribution in [0.25, 0.3) is 0 Å². The van der Waals surface area contributed by atoms with Crippen LogP contribution in [0.15, 0.2) is 6.20 Å². The molecule has 0 spiro atoms. The van der Waals surface area contributed by atoms with Gasteiger partial charge in [-0.1, -0.05) is 5.21 Å². The van der Waals surface area contributed by atoms with E-state index in [-0.39, 0.29) is 0 Å². The van der Waals surface area contributed by atoms with Crippen molar-refractivity contribution >= 4 is 0 Å². The summed E-state index contributed by atoms with van der Waals surface area (Å²) in [5, 5.41) is 18.5. The van der Waals surface area contributed by atoms with Gasteiger partial charge < -0.3 is 10.0 Å². The summed E-state index contributed by atoms with van der Waals surface area (Å²) in [4.78, 5) is 2.42. The van der Waals surface area contributed by atoms with Gasteiger partial charge in [-0.25, -0.2) is 4.68 Å². The molecule has 1 aromatic heterocycles. The van der Waals surface area contributed by atoms with E-state index in [1.54, 1.807) is 10.9 Å². The van der Waals surface area contributed by atoms with E-state index in [1.807, 2.05) is 7.05 Å². The van der Waals surface area contributed by atoms with Gasteiger partial charge in [-0.3, -0.25) is 0 Å². The van der Waals surface area contributed by atoms with Gasteiger partial charge in [-0.05, 0) is 39.7 Å². The molecule has 0 aromatic carbocycles. The third kappa shape index (κ3) is 2.50. The number of likely N-dealkylation sites (tertiary alicyclic amines) is 1. The fraction of sp³-hybridized carbons (Fsp3) is 0.833. The summed E-state index contributed by atoms with van der Waals surface area (Å²) in [5.74, 6) is 0. The Bertz CT molecular complexity index is 376. The van der Waals surface area contributed by atoms with E-state index in [0.29, 0.717) is 6.04 Å². The molecule has 1 aliphatic rings. The summed E-state index contributed by atoms with van der Waals surface area (Å²) in [7, 11) is 1.84. The van der Waals surface area contributed by atoms with E-state index >= 15 is 0 Å². The summed E-state index contributed by atoms with van der Waals surface area (Å²) in [6.07, 6.45) is 4.24. The molecular weight excluding hydrogens is 216 g/mol. The Hall–Kier alpha value is -0.940. The lowest BCUT2D eigenvalue weighted by molar-refractivity contribution is 0.0126. The van der Waals surface area contributed by atoms with Gasteiger partial charge in [0, 0.05) is 19.6 Å². The number of hydrogen-bond acceptors (Lipinski definition) is 4. The van der Waals surface area contributed by atoms with Crippen LogP contribution < -0.4 is 0 Å². The number of aliphatic hydroxyl groups is 1. The Kier molecular flexibility index (Phi) is 3.49. The molecule has 0 amide bonds. The van der Waals surface area contributed by atoms with Gasteiger partial charge in [-0.2, -0.15) is 0 Å². The zero-order chi connectivity index (χ0) is 12.5. The van der Waals surface area contributed by atoms with Crippen LogP contribution in [0.3, 0.4) is 0 Å². The Balaban J connectivity index is 2.15. The molecule has 96 valence electrons. The predicted molar refractivity (Wildman–Crippen MR) is 65.5 cm³/mol. The maximum absolute atomic E-state index is 10.8. The highest BCUT2D eigenvalue weighted by molar-refractivity contribution is 5.08. The van der Waals surface area contributed by atoms with Gasteiger partial charge in [0.25, 0.3) is 0 Å². The van der Waals surface area contributed by atoms with Crippen molar-refractivity contribution in [2.75, 3.05) is 13.1 Å². The zero-order valence-corrected chi connectivity index (χ0v) is 10.9. The maximum Gasteiger partial charge on any atom is 0.109 e. The quantitative estimate of drug-likeness (QED) is 0.831. The summed E-state index contributed by atoms with van der Waals surface area (Å²) in [6.45, 7) is 6.40. The van der Waals surface area contributed by atoms with Crippen LogP contribution >= 0.6 is 0 Å². The Morgan fingerprint density at radius 2 is 2.12 bits per heavy atom. The molecule has 0 aliphatic carbocycles. The van der Waals surface area contributed by atoms with Crippen molar-refractivity contribution in [1.29, 1.82) is 0 Å². The lowest BCUT2D eigenvalue weighted by Crippen LogP contribution is -2.34. The Morgan fingerprint density at radius 1 is 1.35 bits per heavy atom. The van der Waals surface area contributed by atoms with Gasteiger partial charge in [0.15, 0.2) is 0 Å². The lowest BCUT2D eigenvalue weighted by Gasteiger charge is -2.27. The first-order chi connectivity index (χ1) is 8.03. The minimum absolute atomic E-state index is 0.544. The molecule has 1 aromatic rings. The average molecular weight is 238 g/mol. The highest BCUT2D eigenvalue weighted by Gasteiger charge is 2.35. The first-order valence-corrected chi connectivity index (χ1v) is 6.34. The van der Waals surface area contributed by atoms with E-state index in [1.165, 1.54) is 0 Å². The smallest absolute Gasteiger partial charge is 0.109 e. The molecule has 0 saturated carbocycles. The molecule has 2 heterocycles. The standard InChI is InChI=1S/C12H22N4O/c1-10(2)16-7-4-5-12(17,6-8-16)11-9-13-14-15(11)3/h9-10,17H,4-8H2,1-3H3. The van der Waals surface area contributed by atoms with Crippen LogP contribution in [0.4, 0.5) is 0 Å². The minimum atomic E-state index is -0.762. The van der Waals surface area contributed by atoms with Gasteiger partial charge in [0.05, 0.1) is 11.9 Å². The lowest BCUT2D eigenvalue weighted by atomic mass is 9.91. The molecule has 0 bridgehead atoms. The first-order valence-electron chi connectivity index (χ1n) is 6.34. The van der Waals surface area contributed by atoms with Crippen LogP contribution in [0.5, 0.6) is 0 Å².